The van der Waals surface area contributed by atoms with E-state index in [0.717, 1.165) is 12.1 Å². The van der Waals surface area contributed by atoms with Crippen molar-refractivity contribution in [3.05, 3.63) is 42.0 Å². The number of aromatic amines is 1. The molecule has 0 saturated carbocycles. The van der Waals surface area contributed by atoms with Gasteiger partial charge in [0.05, 0.1) is 12.2 Å². The molecule has 112 valence electrons. The van der Waals surface area contributed by atoms with E-state index in [1.165, 1.54) is 12.3 Å². The summed E-state index contributed by atoms with van der Waals surface area (Å²) in [6.07, 6.45) is -1.71. The topological polar surface area (TPSA) is 93.0 Å². The lowest BCUT2D eigenvalue weighted by Gasteiger charge is -2.12. The number of rotatable bonds is 4. The first-order chi connectivity index (χ1) is 9.85. The number of ether oxygens (including phenoxy) is 1. The summed E-state index contributed by atoms with van der Waals surface area (Å²) in [5.74, 6) is -0.491. The van der Waals surface area contributed by atoms with Crippen molar-refractivity contribution in [3.63, 3.8) is 0 Å². The van der Waals surface area contributed by atoms with Crippen molar-refractivity contribution in [2.75, 3.05) is 5.73 Å². The number of imidazole rings is 1. The zero-order valence-electron chi connectivity index (χ0n) is 10.6. The Labute approximate surface area is 117 Å². The lowest BCUT2D eigenvalue weighted by atomic mass is 10.2. The number of amides is 1. The lowest BCUT2D eigenvalue weighted by Crippen LogP contribution is -2.23. The van der Waals surface area contributed by atoms with Gasteiger partial charge in [-0.15, -0.1) is 13.2 Å². The third kappa shape index (κ3) is 4.13. The van der Waals surface area contributed by atoms with E-state index in [9.17, 15) is 18.0 Å². The van der Waals surface area contributed by atoms with Gasteiger partial charge in [-0.2, -0.15) is 0 Å². The fraction of sp³-hybridized carbons (Fsp3) is 0.167. The van der Waals surface area contributed by atoms with E-state index in [4.69, 9.17) is 5.73 Å². The second kappa shape index (κ2) is 5.73. The third-order valence-electron chi connectivity index (χ3n) is 2.47. The van der Waals surface area contributed by atoms with E-state index in [1.807, 2.05) is 0 Å². The van der Waals surface area contributed by atoms with Crippen LogP contribution in [0.25, 0.3) is 0 Å². The molecule has 0 spiro atoms. The van der Waals surface area contributed by atoms with Gasteiger partial charge in [0, 0.05) is 18.0 Å². The van der Waals surface area contributed by atoms with Crippen LogP contribution in [0.5, 0.6) is 5.75 Å². The molecule has 0 saturated heterocycles. The summed E-state index contributed by atoms with van der Waals surface area (Å²) in [4.78, 5) is 18.5. The second-order valence-electron chi connectivity index (χ2n) is 4.02. The molecule has 0 atom stereocenters. The number of hydrogen-bond donors (Lipinski definition) is 3. The van der Waals surface area contributed by atoms with Crippen molar-refractivity contribution in [3.8, 4) is 5.75 Å². The second-order valence-corrected chi connectivity index (χ2v) is 4.02. The standard InChI is InChI=1S/C12H11F3N4O2/c13-12(14,15)21-9-2-1-7(5-8(9)16)11(20)19-6-10-17-3-4-18-10/h1-5H,6,16H2,(H,17,18)(H,19,20). The summed E-state index contributed by atoms with van der Waals surface area (Å²) in [5.41, 5.74) is 5.27. The highest BCUT2D eigenvalue weighted by Gasteiger charge is 2.32. The largest absolute Gasteiger partial charge is 0.573 e. The lowest BCUT2D eigenvalue weighted by molar-refractivity contribution is -0.274. The first-order valence-electron chi connectivity index (χ1n) is 5.77. The number of nitrogens with zero attached hydrogens (tertiary/aromatic N) is 1. The molecule has 9 heteroatoms. The van der Waals surface area contributed by atoms with Gasteiger partial charge in [-0.1, -0.05) is 0 Å². The van der Waals surface area contributed by atoms with Gasteiger partial charge < -0.3 is 20.8 Å². The normalized spacial score (nSPS) is 11.2. The van der Waals surface area contributed by atoms with Gasteiger partial charge in [0.2, 0.25) is 0 Å². The van der Waals surface area contributed by atoms with Crippen molar-refractivity contribution < 1.29 is 22.7 Å². The van der Waals surface area contributed by atoms with Crippen LogP contribution in [0.1, 0.15) is 16.2 Å². The van der Waals surface area contributed by atoms with Crippen molar-refractivity contribution >= 4 is 11.6 Å². The molecule has 1 aromatic heterocycles. The molecule has 21 heavy (non-hydrogen) atoms. The smallest absolute Gasteiger partial charge is 0.404 e. The van der Waals surface area contributed by atoms with E-state index in [1.54, 1.807) is 6.20 Å². The van der Waals surface area contributed by atoms with Crippen molar-refractivity contribution in [1.82, 2.24) is 15.3 Å². The molecule has 2 aromatic rings. The monoisotopic (exact) mass is 300 g/mol. The van der Waals surface area contributed by atoms with Gasteiger partial charge in [-0.25, -0.2) is 4.98 Å². The highest BCUT2D eigenvalue weighted by atomic mass is 19.4. The molecule has 0 aliphatic carbocycles. The quantitative estimate of drug-likeness (QED) is 0.751. The van der Waals surface area contributed by atoms with Crippen molar-refractivity contribution in [1.29, 1.82) is 0 Å². The van der Waals surface area contributed by atoms with E-state index >= 15 is 0 Å². The van der Waals surface area contributed by atoms with Gasteiger partial charge in [0.15, 0.2) is 5.75 Å². The zero-order chi connectivity index (χ0) is 15.5. The number of hydrogen-bond acceptors (Lipinski definition) is 4. The molecule has 0 fully saturated rings. The Morgan fingerprint density at radius 1 is 1.43 bits per heavy atom. The maximum Gasteiger partial charge on any atom is 0.573 e. The minimum atomic E-state index is -4.84. The first kappa shape index (κ1) is 14.7. The molecule has 1 amide bonds. The third-order valence-corrected chi connectivity index (χ3v) is 2.47. The molecule has 0 aliphatic heterocycles. The molecule has 0 radical (unpaired) electrons. The number of nitrogens with one attached hydrogen (secondary N) is 2. The molecular formula is C12H11F3N4O2. The Morgan fingerprint density at radius 3 is 2.76 bits per heavy atom. The number of nitrogen functional groups attached to an aromatic ring is 1. The van der Waals surface area contributed by atoms with Crippen molar-refractivity contribution in [2.45, 2.75) is 12.9 Å². The van der Waals surface area contributed by atoms with Crippen molar-refractivity contribution in [2.24, 2.45) is 0 Å². The summed E-state index contributed by atoms with van der Waals surface area (Å²) >= 11 is 0. The molecule has 6 nitrogen and oxygen atoms in total. The van der Waals surface area contributed by atoms with Crippen LogP contribution in [0.4, 0.5) is 18.9 Å². The highest BCUT2D eigenvalue weighted by Crippen LogP contribution is 2.28. The summed E-state index contributed by atoms with van der Waals surface area (Å²) in [5, 5.41) is 2.55. The number of benzene rings is 1. The van der Waals surface area contributed by atoms with Gasteiger partial charge in [-0.3, -0.25) is 4.79 Å². The average molecular weight is 300 g/mol. The number of carbonyl (C=O) groups excluding carboxylic acids is 1. The van der Waals surface area contributed by atoms with Crippen LogP contribution < -0.4 is 15.8 Å². The highest BCUT2D eigenvalue weighted by molar-refractivity contribution is 5.95. The Bertz CT molecular complexity index is 626. The summed E-state index contributed by atoms with van der Waals surface area (Å²) < 4.78 is 40.0. The number of alkyl halides is 3. The SMILES string of the molecule is Nc1cc(C(=O)NCc2ncc[nH]2)ccc1OC(F)(F)F. The number of nitrogens with two attached hydrogens (primary N) is 1. The average Bonchev–Trinajstić information content (AvgIpc) is 2.90. The molecule has 0 bridgehead atoms. The van der Waals surface area contributed by atoms with Crippen LogP contribution in [0.2, 0.25) is 0 Å². The summed E-state index contributed by atoms with van der Waals surface area (Å²) in [6.45, 7) is 0.159. The van der Waals surface area contributed by atoms with E-state index in [2.05, 4.69) is 20.0 Å². The number of aromatic nitrogens is 2. The van der Waals surface area contributed by atoms with E-state index < -0.39 is 18.0 Å². The van der Waals surface area contributed by atoms with Crippen LogP contribution in [-0.2, 0) is 6.54 Å². The molecule has 1 aromatic carbocycles. The summed E-state index contributed by atoms with van der Waals surface area (Å²) in [6, 6.07) is 3.29. The Morgan fingerprint density at radius 2 is 2.19 bits per heavy atom. The number of anilines is 1. The van der Waals surface area contributed by atoms with Crippen LogP contribution in [-0.4, -0.2) is 22.2 Å². The number of H-pyrrole nitrogens is 1. The Balaban J connectivity index is 2.03. The van der Waals surface area contributed by atoms with E-state index in [-0.39, 0.29) is 17.8 Å². The van der Waals surface area contributed by atoms with Gasteiger partial charge >= 0.3 is 6.36 Å². The first-order valence-corrected chi connectivity index (χ1v) is 5.77. The fourth-order valence-electron chi connectivity index (χ4n) is 1.57. The predicted molar refractivity (Wildman–Crippen MR) is 67.3 cm³/mol. The zero-order valence-corrected chi connectivity index (χ0v) is 10.6. The predicted octanol–water partition coefficient (Wildman–Crippen LogP) is 1.82. The number of carbonyl (C=O) groups is 1. The Kier molecular flexibility index (Phi) is 4.01. The summed E-state index contributed by atoms with van der Waals surface area (Å²) in [7, 11) is 0. The molecule has 0 aliphatic rings. The Hall–Kier alpha value is -2.71. The molecular weight excluding hydrogens is 289 g/mol. The maximum absolute atomic E-state index is 12.1. The van der Waals surface area contributed by atoms with Crippen LogP contribution >= 0.6 is 0 Å². The molecule has 1 heterocycles. The van der Waals surface area contributed by atoms with Crippen LogP contribution in [0.3, 0.4) is 0 Å². The molecule has 4 N–H and O–H groups in total. The minimum absolute atomic E-state index is 0.119. The van der Waals surface area contributed by atoms with Gasteiger partial charge in [-0.05, 0) is 18.2 Å². The molecule has 0 unspecified atom stereocenters. The minimum Gasteiger partial charge on any atom is -0.404 e. The fourth-order valence-corrected chi connectivity index (χ4v) is 1.57. The number of halogens is 3. The maximum atomic E-state index is 12.1. The van der Waals surface area contributed by atoms with Gasteiger partial charge in [0.1, 0.15) is 5.82 Å². The van der Waals surface area contributed by atoms with Crippen LogP contribution in [0.15, 0.2) is 30.6 Å². The van der Waals surface area contributed by atoms with Crippen LogP contribution in [0, 0.1) is 0 Å². The molecule has 2 rings (SSSR count). The van der Waals surface area contributed by atoms with Gasteiger partial charge in [0.25, 0.3) is 5.91 Å². The van der Waals surface area contributed by atoms with E-state index in [0.29, 0.717) is 5.82 Å².